The van der Waals surface area contributed by atoms with E-state index >= 15 is 0 Å². The number of rotatable bonds is 4. The predicted molar refractivity (Wildman–Crippen MR) is 100 cm³/mol. The van der Waals surface area contributed by atoms with E-state index in [1.54, 1.807) is 54.6 Å². The molecule has 0 radical (unpaired) electrons. The number of hydrogen-bond donors (Lipinski definition) is 0. The Kier molecular flexibility index (Phi) is 4.86. The average Bonchev–Trinajstić information content (AvgIpc) is 3.28. The normalized spacial score (nSPS) is 25.4. The van der Waals surface area contributed by atoms with E-state index in [1.165, 1.54) is 12.2 Å². The molecule has 1 aliphatic heterocycles. The zero-order valence-corrected chi connectivity index (χ0v) is 15.9. The minimum Gasteiger partial charge on any atom is -0.465 e. The van der Waals surface area contributed by atoms with E-state index in [1.807, 2.05) is 0 Å². The fourth-order valence-corrected chi connectivity index (χ4v) is 4.01. The van der Waals surface area contributed by atoms with Gasteiger partial charge in [-0.15, -0.1) is 5.06 Å². The summed E-state index contributed by atoms with van der Waals surface area (Å²) in [4.78, 5) is 29.8. The number of benzene rings is 2. The standard InChI is InChI=1S/C22H21F2NO4/c1-28-19(26)17-9-7-15(8-10-17)18-13-21(14-22(21,23)24)11-12-25(18)29-20(27)16-5-3-2-4-6-16/h2-10,18H,11-14H2,1H3/t18-,21+/m0/s1. The fourth-order valence-electron chi connectivity index (χ4n) is 4.01. The molecule has 0 unspecified atom stereocenters. The van der Waals surface area contributed by atoms with Crippen molar-refractivity contribution in [3.8, 4) is 0 Å². The average molecular weight is 401 g/mol. The molecule has 152 valence electrons. The molecule has 1 saturated heterocycles. The van der Waals surface area contributed by atoms with Crippen molar-refractivity contribution < 1.29 is 27.9 Å². The van der Waals surface area contributed by atoms with Crippen LogP contribution in [0.2, 0.25) is 0 Å². The van der Waals surface area contributed by atoms with Gasteiger partial charge in [-0.05, 0) is 42.7 Å². The third-order valence-corrected chi connectivity index (χ3v) is 5.88. The molecule has 4 rings (SSSR count). The van der Waals surface area contributed by atoms with Crippen molar-refractivity contribution in [3.63, 3.8) is 0 Å². The molecule has 2 aromatic carbocycles. The topological polar surface area (TPSA) is 55.8 Å². The summed E-state index contributed by atoms with van der Waals surface area (Å²) < 4.78 is 32.8. The highest BCUT2D eigenvalue weighted by molar-refractivity contribution is 5.89. The Balaban J connectivity index is 1.58. The third kappa shape index (κ3) is 3.62. The second-order valence-electron chi connectivity index (χ2n) is 7.63. The van der Waals surface area contributed by atoms with Gasteiger partial charge in [0.25, 0.3) is 5.92 Å². The van der Waals surface area contributed by atoms with E-state index < -0.39 is 29.3 Å². The molecular formula is C22H21F2NO4. The van der Waals surface area contributed by atoms with Crippen LogP contribution in [-0.2, 0) is 9.57 Å². The molecular weight excluding hydrogens is 380 g/mol. The molecule has 1 saturated carbocycles. The van der Waals surface area contributed by atoms with Crippen LogP contribution in [0.15, 0.2) is 54.6 Å². The summed E-state index contributed by atoms with van der Waals surface area (Å²) in [5.74, 6) is -3.69. The minimum absolute atomic E-state index is 0.142. The summed E-state index contributed by atoms with van der Waals surface area (Å²) in [7, 11) is 1.29. The van der Waals surface area contributed by atoms with Gasteiger partial charge in [-0.3, -0.25) is 0 Å². The number of nitrogens with zero attached hydrogens (tertiary/aromatic N) is 1. The first-order valence-corrected chi connectivity index (χ1v) is 9.45. The van der Waals surface area contributed by atoms with Gasteiger partial charge in [0.15, 0.2) is 0 Å². The van der Waals surface area contributed by atoms with E-state index in [4.69, 9.17) is 9.57 Å². The molecule has 1 spiro atoms. The van der Waals surface area contributed by atoms with E-state index in [2.05, 4.69) is 0 Å². The zero-order chi connectivity index (χ0) is 20.6. The van der Waals surface area contributed by atoms with Crippen molar-refractivity contribution in [3.05, 3.63) is 71.3 Å². The van der Waals surface area contributed by atoms with Crippen molar-refractivity contribution in [2.24, 2.45) is 5.41 Å². The summed E-state index contributed by atoms with van der Waals surface area (Å²) in [5, 5.41) is 1.49. The Morgan fingerprint density at radius 1 is 1.00 bits per heavy atom. The largest absolute Gasteiger partial charge is 0.465 e. The first kappa shape index (κ1) is 19.5. The molecule has 1 aliphatic carbocycles. The highest BCUT2D eigenvalue weighted by Gasteiger charge is 2.72. The van der Waals surface area contributed by atoms with Crippen LogP contribution >= 0.6 is 0 Å². The Labute approximate surface area is 167 Å². The molecule has 0 amide bonds. The summed E-state index contributed by atoms with van der Waals surface area (Å²) in [6, 6.07) is 14.6. The van der Waals surface area contributed by atoms with Crippen molar-refractivity contribution in [2.75, 3.05) is 13.7 Å². The molecule has 1 heterocycles. The third-order valence-electron chi connectivity index (χ3n) is 5.88. The van der Waals surface area contributed by atoms with Crippen LogP contribution in [0.1, 0.15) is 51.6 Å². The van der Waals surface area contributed by atoms with E-state index in [0.717, 1.165) is 0 Å². The fraction of sp³-hybridized carbons (Fsp3) is 0.364. The maximum Gasteiger partial charge on any atom is 0.357 e. The number of alkyl halides is 2. The number of halogens is 2. The lowest BCUT2D eigenvalue weighted by Crippen LogP contribution is -2.40. The number of carbonyl (C=O) groups is 2. The quantitative estimate of drug-likeness (QED) is 0.711. The van der Waals surface area contributed by atoms with Crippen LogP contribution in [0, 0.1) is 5.41 Å². The Morgan fingerprint density at radius 3 is 2.21 bits per heavy atom. The number of carbonyl (C=O) groups excluding carboxylic acids is 2. The van der Waals surface area contributed by atoms with Crippen LogP contribution in [0.3, 0.4) is 0 Å². The molecule has 2 fully saturated rings. The van der Waals surface area contributed by atoms with Gasteiger partial charge in [-0.1, -0.05) is 30.3 Å². The van der Waals surface area contributed by atoms with Crippen LogP contribution in [0.4, 0.5) is 8.78 Å². The molecule has 2 aromatic rings. The van der Waals surface area contributed by atoms with Crippen LogP contribution in [0.25, 0.3) is 0 Å². The molecule has 29 heavy (non-hydrogen) atoms. The molecule has 7 heteroatoms. The van der Waals surface area contributed by atoms with Gasteiger partial charge in [0.05, 0.1) is 24.3 Å². The van der Waals surface area contributed by atoms with Crippen molar-refractivity contribution >= 4 is 11.9 Å². The molecule has 0 N–H and O–H groups in total. The van der Waals surface area contributed by atoms with Crippen molar-refractivity contribution in [1.29, 1.82) is 0 Å². The molecule has 0 bridgehead atoms. The predicted octanol–water partition coefficient (Wildman–Crippen LogP) is 4.41. The van der Waals surface area contributed by atoms with Gasteiger partial charge in [0.2, 0.25) is 0 Å². The highest BCUT2D eigenvalue weighted by atomic mass is 19.3. The molecule has 0 aromatic heterocycles. The van der Waals surface area contributed by atoms with E-state index in [0.29, 0.717) is 16.7 Å². The van der Waals surface area contributed by atoms with Crippen LogP contribution in [0.5, 0.6) is 0 Å². The Hall–Kier alpha value is -2.80. The first-order chi connectivity index (χ1) is 13.9. The maximum absolute atomic E-state index is 14.0. The van der Waals surface area contributed by atoms with Gasteiger partial charge >= 0.3 is 11.9 Å². The maximum atomic E-state index is 14.0. The number of methoxy groups -OCH3 is 1. The monoisotopic (exact) mass is 401 g/mol. The first-order valence-electron chi connectivity index (χ1n) is 9.45. The van der Waals surface area contributed by atoms with Gasteiger partial charge in [0.1, 0.15) is 0 Å². The Bertz CT molecular complexity index is 916. The van der Waals surface area contributed by atoms with Crippen LogP contribution in [-0.4, -0.2) is 36.6 Å². The minimum atomic E-state index is -2.69. The van der Waals surface area contributed by atoms with Crippen LogP contribution < -0.4 is 0 Å². The summed E-state index contributed by atoms with van der Waals surface area (Å²) >= 11 is 0. The molecule has 2 aliphatic rings. The lowest BCUT2D eigenvalue weighted by atomic mass is 9.85. The number of hydrogen-bond acceptors (Lipinski definition) is 5. The zero-order valence-electron chi connectivity index (χ0n) is 15.9. The summed E-state index contributed by atoms with van der Waals surface area (Å²) in [6.45, 7) is 0.220. The lowest BCUT2D eigenvalue weighted by molar-refractivity contribution is -0.169. The molecule has 5 nitrogen and oxygen atoms in total. The van der Waals surface area contributed by atoms with Crippen molar-refractivity contribution in [1.82, 2.24) is 5.06 Å². The van der Waals surface area contributed by atoms with E-state index in [-0.39, 0.29) is 25.8 Å². The number of piperidine rings is 1. The van der Waals surface area contributed by atoms with Gasteiger partial charge < -0.3 is 9.57 Å². The SMILES string of the molecule is COC(=O)c1ccc([C@@H]2C[C@]3(CCN2OC(=O)c2ccccc2)CC3(F)F)cc1. The lowest BCUT2D eigenvalue weighted by Gasteiger charge is -2.38. The Morgan fingerprint density at radius 2 is 1.62 bits per heavy atom. The smallest absolute Gasteiger partial charge is 0.357 e. The van der Waals surface area contributed by atoms with E-state index in [9.17, 15) is 18.4 Å². The van der Waals surface area contributed by atoms with Gasteiger partial charge in [0, 0.05) is 18.4 Å². The number of esters is 1. The van der Waals surface area contributed by atoms with Gasteiger partial charge in [-0.2, -0.15) is 0 Å². The summed E-state index contributed by atoms with van der Waals surface area (Å²) in [5.41, 5.74) is 0.421. The molecule has 2 atom stereocenters. The summed E-state index contributed by atoms with van der Waals surface area (Å²) in [6.07, 6.45) is 0.301. The van der Waals surface area contributed by atoms with Gasteiger partial charge in [-0.25, -0.2) is 18.4 Å². The number of hydroxylamine groups is 2. The second kappa shape index (κ2) is 7.22. The van der Waals surface area contributed by atoms with Crippen molar-refractivity contribution in [2.45, 2.75) is 31.2 Å². The second-order valence-corrected chi connectivity index (χ2v) is 7.63. The highest BCUT2D eigenvalue weighted by Crippen LogP contribution is 2.68. The number of ether oxygens (including phenoxy) is 1.